The van der Waals surface area contributed by atoms with Gasteiger partial charge in [-0.05, 0) is 18.4 Å². The van der Waals surface area contributed by atoms with Gasteiger partial charge in [-0.15, -0.1) is 11.8 Å². The predicted molar refractivity (Wildman–Crippen MR) is 61.4 cm³/mol. The van der Waals surface area contributed by atoms with E-state index in [0.29, 0.717) is 0 Å². The summed E-state index contributed by atoms with van der Waals surface area (Å²) in [4.78, 5) is 11.8. The van der Waals surface area contributed by atoms with Gasteiger partial charge >= 0.3 is 5.97 Å². The molecule has 0 bridgehead atoms. The number of carboxylic acid groups (broad SMARTS) is 1. The Balaban J connectivity index is 0.00000128. The van der Waals surface area contributed by atoms with E-state index in [1.807, 2.05) is 23.9 Å². The summed E-state index contributed by atoms with van der Waals surface area (Å²) >= 11 is 3.22. The number of halogens is 1. The molecule has 0 spiro atoms. The van der Waals surface area contributed by atoms with Crippen LogP contribution >= 0.6 is 23.1 Å². The summed E-state index contributed by atoms with van der Waals surface area (Å²) in [5, 5.41) is 8.75. The molecule has 1 aromatic carbocycles. The summed E-state index contributed by atoms with van der Waals surface area (Å²) in [5.41, 5.74) is 2.84. The molecule has 3 nitrogen and oxygen atoms in total. The lowest BCUT2D eigenvalue weighted by molar-refractivity contribution is -0.655. The highest BCUT2D eigenvalue weighted by Gasteiger charge is 2.15. The van der Waals surface area contributed by atoms with Gasteiger partial charge in [0.25, 0.3) is 0 Å². The van der Waals surface area contributed by atoms with E-state index in [4.69, 9.17) is 5.11 Å². The maximum atomic E-state index is 10.6. The van der Waals surface area contributed by atoms with Crippen LogP contribution in [0.25, 0.3) is 10.2 Å². The minimum Gasteiger partial charge on any atom is -1.00 e. The Bertz CT molecular complexity index is 512. The highest BCUT2D eigenvalue weighted by Crippen LogP contribution is 2.22. The lowest BCUT2D eigenvalue weighted by Crippen LogP contribution is -3.00. The van der Waals surface area contributed by atoms with Gasteiger partial charge in [-0.25, -0.2) is 4.79 Å². The minimum absolute atomic E-state index is 0. The van der Waals surface area contributed by atoms with Crippen LogP contribution in [0.3, 0.4) is 0 Å². The van der Waals surface area contributed by atoms with Crippen LogP contribution in [-0.2, 0) is 11.3 Å². The van der Waals surface area contributed by atoms with Gasteiger partial charge < -0.3 is 22.1 Å². The van der Waals surface area contributed by atoms with Crippen molar-refractivity contribution in [3.05, 3.63) is 23.7 Å². The summed E-state index contributed by atoms with van der Waals surface area (Å²) in [6.45, 7) is 0.0256. The first-order chi connectivity index (χ1) is 7.20. The molecule has 0 saturated heterocycles. The number of rotatable bonds is 3. The molecule has 0 aliphatic carbocycles. The third-order valence-corrected chi connectivity index (χ3v) is 3.77. The minimum atomic E-state index is -0.811. The second kappa shape index (κ2) is 5.65. The van der Waals surface area contributed by atoms with Crippen LogP contribution in [0.5, 0.6) is 0 Å². The number of carbonyl (C=O) groups is 1. The fourth-order valence-electron chi connectivity index (χ4n) is 1.39. The summed E-state index contributed by atoms with van der Waals surface area (Å²) in [6, 6.07) is 6.11. The quantitative estimate of drug-likeness (QED) is 0.583. The van der Waals surface area contributed by atoms with Crippen molar-refractivity contribution in [3.63, 3.8) is 0 Å². The van der Waals surface area contributed by atoms with E-state index < -0.39 is 5.97 Å². The fourth-order valence-corrected chi connectivity index (χ4v) is 2.70. The summed E-state index contributed by atoms with van der Waals surface area (Å²) in [7, 11) is 0. The highest BCUT2D eigenvalue weighted by atomic mass is 79.9. The Hall–Kier alpha value is -0.590. The van der Waals surface area contributed by atoms with Gasteiger partial charge in [-0.2, -0.15) is 4.57 Å². The first-order valence-corrected chi connectivity index (χ1v) is 6.47. The van der Waals surface area contributed by atoms with Crippen LogP contribution in [0, 0.1) is 0 Å². The standard InChI is InChI=1S/C10H9NO2S2.BrH/c1-14-7-2-3-9-8(4-7)11(6-15-9)5-10(12)13;/h2-4,6H,5H2,1H3;1H. The number of fused-ring (bicyclic) bond motifs is 1. The molecule has 0 fully saturated rings. The number of carboxylic acids is 1. The molecule has 1 N–H and O–H groups in total. The molecule has 0 radical (unpaired) electrons. The SMILES string of the molecule is CSc1ccc2sc[n+](CC(=O)O)c2c1.[Br-]. The molecule has 0 aliphatic rings. The van der Waals surface area contributed by atoms with Crippen LogP contribution in [0.15, 0.2) is 28.6 Å². The summed E-state index contributed by atoms with van der Waals surface area (Å²) in [5.74, 6) is -0.811. The number of nitrogens with zero attached hydrogens (tertiary/aromatic N) is 1. The second-order valence-corrected chi connectivity index (χ2v) is 4.84. The van der Waals surface area contributed by atoms with E-state index >= 15 is 0 Å². The Labute approximate surface area is 112 Å². The molecule has 0 amide bonds. The van der Waals surface area contributed by atoms with Crippen molar-refractivity contribution in [2.75, 3.05) is 6.26 Å². The van der Waals surface area contributed by atoms with Gasteiger partial charge in [0.05, 0.1) is 0 Å². The Morgan fingerprint density at radius 2 is 2.31 bits per heavy atom. The number of thioether (sulfide) groups is 1. The van der Waals surface area contributed by atoms with Crippen molar-refractivity contribution >= 4 is 39.3 Å². The van der Waals surface area contributed by atoms with Crippen molar-refractivity contribution in [2.24, 2.45) is 0 Å². The second-order valence-electron chi connectivity index (χ2n) is 3.08. The van der Waals surface area contributed by atoms with Gasteiger partial charge in [0.15, 0.2) is 0 Å². The van der Waals surface area contributed by atoms with E-state index in [0.717, 1.165) is 15.1 Å². The Morgan fingerprint density at radius 1 is 1.56 bits per heavy atom. The molecular formula is C10H10BrNO2S2. The third kappa shape index (κ3) is 2.75. The number of thiazole rings is 1. The summed E-state index contributed by atoms with van der Waals surface area (Å²) in [6.07, 6.45) is 2.01. The Kier molecular flexibility index (Phi) is 4.76. The van der Waals surface area contributed by atoms with E-state index in [2.05, 4.69) is 6.07 Å². The van der Waals surface area contributed by atoms with Gasteiger partial charge in [-0.3, -0.25) is 0 Å². The zero-order valence-corrected chi connectivity index (χ0v) is 11.7. The van der Waals surface area contributed by atoms with Crippen molar-refractivity contribution in [1.29, 1.82) is 0 Å². The van der Waals surface area contributed by atoms with Gasteiger partial charge in [-0.1, -0.05) is 11.3 Å². The molecule has 1 aromatic heterocycles. The lowest BCUT2D eigenvalue weighted by atomic mass is 10.3. The van der Waals surface area contributed by atoms with E-state index in [-0.39, 0.29) is 23.5 Å². The maximum Gasteiger partial charge on any atom is 0.370 e. The molecule has 0 aliphatic heterocycles. The van der Waals surface area contributed by atoms with Gasteiger partial charge in [0.1, 0.15) is 4.70 Å². The topological polar surface area (TPSA) is 41.2 Å². The first-order valence-electron chi connectivity index (χ1n) is 4.37. The predicted octanol–water partition coefficient (Wildman–Crippen LogP) is -1.00. The molecule has 0 atom stereocenters. The van der Waals surface area contributed by atoms with Crippen LogP contribution in [0.1, 0.15) is 0 Å². The normalized spacial score (nSPS) is 10.1. The first kappa shape index (κ1) is 13.5. The monoisotopic (exact) mass is 319 g/mol. The van der Waals surface area contributed by atoms with Crippen LogP contribution in [-0.4, -0.2) is 17.3 Å². The molecule has 1 heterocycles. The molecule has 2 aromatic rings. The number of aliphatic carboxylic acids is 1. The van der Waals surface area contributed by atoms with Crippen LogP contribution < -0.4 is 21.5 Å². The van der Waals surface area contributed by atoms with E-state index in [1.54, 1.807) is 27.7 Å². The van der Waals surface area contributed by atoms with Crippen LogP contribution in [0.4, 0.5) is 0 Å². The van der Waals surface area contributed by atoms with Crippen molar-refractivity contribution in [3.8, 4) is 0 Å². The van der Waals surface area contributed by atoms with Crippen molar-refractivity contribution in [1.82, 2.24) is 0 Å². The van der Waals surface area contributed by atoms with E-state index in [1.165, 1.54) is 0 Å². The molecule has 0 saturated carbocycles. The number of hydrogen-bond acceptors (Lipinski definition) is 3. The van der Waals surface area contributed by atoms with Crippen molar-refractivity contribution < 1.29 is 31.4 Å². The molecule has 6 heteroatoms. The zero-order valence-electron chi connectivity index (χ0n) is 8.51. The average Bonchev–Trinajstić information content (AvgIpc) is 2.60. The smallest absolute Gasteiger partial charge is 0.370 e. The van der Waals surface area contributed by atoms with Gasteiger partial charge in [0, 0.05) is 11.0 Å². The molecule has 16 heavy (non-hydrogen) atoms. The number of benzene rings is 1. The molecule has 2 rings (SSSR count). The summed E-state index contributed by atoms with van der Waals surface area (Å²) < 4.78 is 2.89. The van der Waals surface area contributed by atoms with Gasteiger partial charge in [0.2, 0.25) is 17.6 Å². The van der Waals surface area contributed by atoms with Crippen LogP contribution in [0.2, 0.25) is 0 Å². The third-order valence-electron chi connectivity index (χ3n) is 2.09. The van der Waals surface area contributed by atoms with E-state index in [9.17, 15) is 4.79 Å². The zero-order chi connectivity index (χ0) is 10.8. The molecule has 0 unspecified atom stereocenters. The molecule has 86 valence electrons. The molecular weight excluding hydrogens is 310 g/mol. The largest absolute Gasteiger partial charge is 1.00 e. The maximum absolute atomic E-state index is 10.6. The Morgan fingerprint density at radius 3 is 2.94 bits per heavy atom. The highest BCUT2D eigenvalue weighted by molar-refractivity contribution is 7.98. The average molecular weight is 320 g/mol. The number of hydrogen-bond donors (Lipinski definition) is 1. The number of aromatic nitrogens is 1. The van der Waals surface area contributed by atoms with Crippen molar-refractivity contribution in [2.45, 2.75) is 11.4 Å². The lowest BCUT2D eigenvalue weighted by Gasteiger charge is -1.94. The fraction of sp³-hybridized carbons (Fsp3) is 0.200.